The van der Waals surface area contributed by atoms with Crippen LogP contribution in [0.5, 0.6) is 23.0 Å². The van der Waals surface area contributed by atoms with E-state index in [1.54, 1.807) is 0 Å². The predicted octanol–water partition coefficient (Wildman–Crippen LogP) is -0.900. The predicted molar refractivity (Wildman–Crippen MR) is 97.2 cm³/mol. The molecule has 148 valence electrons. The molecule has 0 unspecified atom stereocenters. The molecule has 11 heteroatoms. The number of phenols is 1. The Labute approximate surface area is 187 Å². The van der Waals surface area contributed by atoms with Crippen LogP contribution in [0.1, 0.15) is 0 Å². The van der Waals surface area contributed by atoms with E-state index < -0.39 is 26.2 Å². The Kier molecular flexibility index (Phi) is 6.86. The molecule has 3 rings (SSSR count). The molecular formula is C18H15NaO9S. The maximum atomic E-state index is 13.0. The quantitative estimate of drug-likeness (QED) is 0.403. The first-order valence-corrected chi connectivity index (χ1v) is 9.17. The summed E-state index contributed by atoms with van der Waals surface area (Å²) in [5.74, 6) is -0.541. The SMILES string of the molecule is COc1ccc(-c2coc3cc(OC)c(OC)c(O)c3c2=O)cc1S(=O)(=O)[O-].[Na+]. The van der Waals surface area contributed by atoms with Crippen LogP contribution in [0.25, 0.3) is 22.1 Å². The third-order valence-electron chi connectivity index (χ3n) is 4.13. The van der Waals surface area contributed by atoms with Crippen molar-refractivity contribution in [3.63, 3.8) is 0 Å². The fraction of sp³-hybridized carbons (Fsp3) is 0.167. The number of methoxy groups -OCH3 is 3. The van der Waals surface area contributed by atoms with E-state index in [1.807, 2.05) is 0 Å². The Balaban J connectivity index is 0.00000300. The van der Waals surface area contributed by atoms with E-state index in [1.165, 1.54) is 39.5 Å². The van der Waals surface area contributed by atoms with Crippen LogP contribution in [0.2, 0.25) is 0 Å². The summed E-state index contributed by atoms with van der Waals surface area (Å²) >= 11 is 0. The van der Waals surface area contributed by atoms with Crippen LogP contribution in [-0.2, 0) is 10.1 Å². The Morgan fingerprint density at radius 3 is 2.24 bits per heavy atom. The number of ether oxygens (including phenoxy) is 3. The number of aromatic hydroxyl groups is 1. The van der Waals surface area contributed by atoms with Crippen molar-refractivity contribution in [3.05, 3.63) is 40.8 Å². The van der Waals surface area contributed by atoms with Gasteiger partial charge in [0.2, 0.25) is 11.2 Å². The van der Waals surface area contributed by atoms with Crippen LogP contribution in [0.4, 0.5) is 0 Å². The van der Waals surface area contributed by atoms with Gasteiger partial charge in [-0.25, -0.2) is 8.42 Å². The van der Waals surface area contributed by atoms with Crippen molar-refractivity contribution in [1.29, 1.82) is 0 Å². The smallest absolute Gasteiger partial charge is 0.744 e. The Bertz CT molecular complexity index is 1230. The summed E-state index contributed by atoms with van der Waals surface area (Å²) in [7, 11) is -0.984. The summed E-state index contributed by atoms with van der Waals surface area (Å²) in [5, 5.41) is 10.3. The zero-order valence-corrected chi connectivity index (χ0v) is 18.8. The van der Waals surface area contributed by atoms with Gasteiger partial charge in [-0.1, -0.05) is 6.07 Å². The fourth-order valence-corrected chi connectivity index (χ4v) is 3.48. The normalized spacial score (nSPS) is 11.0. The van der Waals surface area contributed by atoms with Crippen LogP contribution >= 0.6 is 0 Å². The molecular weight excluding hydrogens is 415 g/mol. The van der Waals surface area contributed by atoms with Crippen LogP contribution in [-0.4, -0.2) is 39.4 Å². The third-order valence-corrected chi connectivity index (χ3v) is 4.99. The minimum absolute atomic E-state index is 0. The molecule has 0 bridgehead atoms. The van der Waals surface area contributed by atoms with E-state index in [-0.39, 0.29) is 68.9 Å². The molecule has 1 N–H and O–H groups in total. The maximum Gasteiger partial charge on any atom is 1.00 e. The van der Waals surface area contributed by atoms with Crippen LogP contribution < -0.4 is 49.2 Å². The molecule has 0 aliphatic rings. The van der Waals surface area contributed by atoms with Crippen LogP contribution in [0.3, 0.4) is 0 Å². The van der Waals surface area contributed by atoms with Crippen molar-refractivity contribution in [2.75, 3.05) is 21.3 Å². The molecule has 0 fully saturated rings. The molecule has 2 aromatic carbocycles. The number of hydrogen-bond acceptors (Lipinski definition) is 9. The molecule has 1 heterocycles. The number of rotatable bonds is 5. The number of phenolic OH excluding ortho intramolecular Hbond substituents is 1. The fourth-order valence-electron chi connectivity index (χ4n) is 2.81. The molecule has 0 amide bonds. The number of fused-ring (bicyclic) bond motifs is 1. The van der Waals surface area contributed by atoms with Crippen molar-refractivity contribution in [1.82, 2.24) is 0 Å². The molecule has 0 aliphatic carbocycles. The van der Waals surface area contributed by atoms with E-state index in [9.17, 15) is 22.9 Å². The summed E-state index contributed by atoms with van der Waals surface area (Å²) in [6.45, 7) is 0. The topological polar surface area (TPSA) is 135 Å². The van der Waals surface area contributed by atoms with E-state index in [2.05, 4.69) is 0 Å². The Morgan fingerprint density at radius 2 is 1.69 bits per heavy atom. The van der Waals surface area contributed by atoms with Crippen LogP contribution in [0.15, 0.2) is 44.6 Å². The van der Waals surface area contributed by atoms with E-state index >= 15 is 0 Å². The van der Waals surface area contributed by atoms with Crippen LogP contribution in [0, 0.1) is 0 Å². The molecule has 0 radical (unpaired) electrons. The second-order valence-electron chi connectivity index (χ2n) is 5.63. The maximum absolute atomic E-state index is 13.0. The summed E-state index contributed by atoms with van der Waals surface area (Å²) in [5.41, 5.74) is -0.587. The van der Waals surface area contributed by atoms with Gasteiger partial charge in [-0.05, 0) is 17.7 Å². The molecule has 0 saturated carbocycles. The first-order valence-electron chi connectivity index (χ1n) is 7.76. The van der Waals surface area contributed by atoms with Crippen molar-refractivity contribution in [2.24, 2.45) is 0 Å². The second-order valence-corrected chi connectivity index (χ2v) is 6.98. The minimum Gasteiger partial charge on any atom is -0.744 e. The van der Waals surface area contributed by atoms with Gasteiger partial charge in [0.15, 0.2) is 11.5 Å². The summed E-state index contributed by atoms with van der Waals surface area (Å²) in [6.07, 6.45) is 1.10. The van der Waals surface area contributed by atoms with Gasteiger partial charge in [-0.2, -0.15) is 0 Å². The van der Waals surface area contributed by atoms with Gasteiger partial charge in [-0.15, -0.1) is 0 Å². The molecule has 0 spiro atoms. The van der Waals surface area contributed by atoms with Crippen molar-refractivity contribution in [3.8, 4) is 34.1 Å². The third kappa shape index (κ3) is 4.07. The minimum atomic E-state index is -4.85. The molecule has 29 heavy (non-hydrogen) atoms. The average molecular weight is 430 g/mol. The first kappa shape index (κ1) is 23.0. The molecule has 0 aliphatic heterocycles. The zero-order chi connectivity index (χ0) is 20.6. The van der Waals surface area contributed by atoms with Gasteiger partial charge in [0.1, 0.15) is 33.1 Å². The molecule has 1 aromatic heterocycles. The number of hydrogen-bond donors (Lipinski definition) is 1. The van der Waals surface area contributed by atoms with Gasteiger partial charge in [0.25, 0.3) is 0 Å². The van der Waals surface area contributed by atoms with Gasteiger partial charge < -0.3 is 28.3 Å². The summed E-state index contributed by atoms with van der Waals surface area (Å²) in [4.78, 5) is 12.3. The average Bonchev–Trinajstić information content (AvgIpc) is 2.66. The largest absolute Gasteiger partial charge is 1.00 e. The Morgan fingerprint density at radius 1 is 1.03 bits per heavy atom. The summed E-state index contributed by atoms with van der Waals surface area (Å²) < 4.78 is 55.0. The molecule has 3 aromatic rings. The number of benzene rings is 2. The van der Waals surface area contributed by atoms with Crippen molar-refractivity contribution in [2.45, 2.75) is 4.90 Å². The van der Waals surface area contributed by atoms with Gasteiger partial charge >= 0.3 is 29.6 Å². The van der Waals surface area contributed by atoms with Gasteiger partial charge in [0, 0.05) is 6.07 Å². The van der Waals surface area contributed by atoms with Gasteiger partial charge in [-0.3, -0.25) is 4.79 Å². The van der Waals surface area contributed by atoms with Crippen molar-refractivity contribution >= 4 is 21.1 Å². The Hall–Kier alpha value is -2.24. The van der Waals surface area contributed by atoms with E-state index in [0.29, 0.717) is 0 Å². The first-order chi connectivity index (χ1) is 13.2. The van der Waals surface area contributed by atoms with E-state index in [4.69, 9.17) is 18.6 Å². The molecule has 9 nitrogen and oxygen atoms in total. The van der Waals surface area contributed by atoms with Crippen molar-refractivity contribution < 1.29 is 66.3 Å². The molecule has 0 saturated heterocycles. The molecule has 0 atom stereocenters. The standard InChI is InChI=1S/C18H16O9S.Na/c1-24-11-5-4-9(6-14(11)28(21,22)23)10-8-27-12-7-13(25-2)18(26-3)17(20)15(12)16(10)19;/h4-8,20H,1-3H3,(H,21,22,23);/q;+1/p-1. The monoisotopic (exact) mass is 430 g/mol. The second kappa shape index (κ2) is 8.64. The summed E-state index contributed by atoms with van der Waals surface area (Å²) in [6, 6.07) is 5.03. The zero-order valence-electron chi connectivity index (χ0n) is 16.0. The van der Waals surface area contributed by atoms with E-state index in [0.717, 1.165) is 12.3 Å². The van der Waals surface area contributed by atoms with Gasteiger partial charge in [0.05, 0.1) is 31.8 Å².